The predicted molar refractivity (Wildman–Crippen MR) is 137 cm³/mol. The van der Waals surface area contributed by atoms with E-state index in [9.17, 15) is 32.4 Å². The predicted octanol–water partition coefficient (Wildman–Crippen LogP) is 3.70. The van der Waals surface area contributed by atoms with Gasteiger partial charge in [0.2, 0.25) is 5.91 Å². The maximum atomic E-state index is 13.4. The first kappa shape index (κ1) is 28.0. The average molecular weight is 547 g/mol. The summed E-state index contributed by atoms with van der Waals surface area (Å²) in [6.45, 7) is -0.138. The topological polar surface area (TPSA) is 98.7 Å². The van der Waals surface area contributed by atoms with Gasteiger partial charge in [-0.2, -0.15) is 13.2 Å². The van der Waals surface area contributed by atoms with Gasteiger partial charge in [0.25, 0.3) is 0 Å². The number of carbonyl (C=O) groups excluding carboxylic acids is 1. The monoisotopic (exact) mass is 546 g/mol. The Bertz CT molecular complexity index is 1250. The summed E-state index contributed by atoms with van der Waals surface area (Å²) in [5, 5.41) is 24.2. The minimum Gasteiger partial charge on any atom is -0.392 e. The molecular formula is C28H29F3N2O4S. The lowest BCUT2D eigenvalue weighted by Crippen LogP contribution is -2.40. The second kappa shape index (κ2) is 12.2. The molecule has 5 atom stereocenters. The number of carbonyl (C=O) groups is 1. The highest BCUT2D eigenvalue weighted by molar-refractivity contribution is 7.83. The summed E-state index contributed by atoms with van der Waals surface area (Å²) in [5.74, 6) is -0.966. The summed E-state index contributed by atoms with van der Waals surface area (Å²) >= 11 is 0. The Kier molecular flexibility index (Phi) is 8.99. The van der Waals surface area contributed by atoms with Gasteiger partial charge in [0, 0.05) is 18.9 Å². The van der Waals surface area contributed by atoms with E-state index in [1.165, 1.54) is 0 Å². The zero-order valence-corrected chi connectivity index (χ0v) is 21.2. The minimum atomic E-state index is -4.49. The van der Waals surface area contributed by atoms with Gasteiger partial charge in [0.1, 0.15) is 11.0 Å². The lowest BCUT2D eigenvalue weighted by atomic mass is 9.92. The van der Waals surface area contributed by atoms with Gasteiger partial charge in [-0.3, -0.25) is 4.79 Å². The van der Waals surface area contributed by atoms with Crippen molar-refractivity contribution in [3.8, 4) is 0 Å². The molecular weight excluding hydrogens is 517 g/mol. The average Bonchev–Trinajstić information content (AvgIpc) is 3.21. The van der Waals surface area contributed by atoms with Crippen molar-refractivity contribution in [1.29, 1.82) is 0 Å². The number of halogens is 3. The van der Waals surface area contributed by atoms with Crippen LogP contribution in [-0.2, 0) is 34.8 Å². The van der Waals surface area contributed by atoms with Gasteiger partial charge in [-0.1, -0.05) is 54.6 Å². The van der Waals surface area contributed by atoms with Crippen LogP contribution in [0.5, 0.6) is 0 Å². The number of aliphatic hydroxyl groups excluding tert-OH is 2. The lowest BCUT2D eigenvalue weighted by molar-refractivity contribution is -0.137. The molecule has 38 heavy (non-hydrogen) atoms. The molecule has 0 fully saturated rings. The van der Waals surface area contributed by atoms with Crippen molar-refractivity contribution in [1.82, 2.24) is 10.0 Å². The first-order valence-electron chi connectivity index (χ1n) is 12.2. The fourth-order valence-corrected chi connectivity index (χ4v) is 5.53. The largest absolute Gasteiger partial charge is 0.416 e. The molecule has 1 amide bonds. The Balaban J connectivity index is 1.40. The molecule has 1 aliphatic rings. The van der Waals surface area contributed by atoms with Crippen molar-refractivity contribution < 1.29 is 32.4 Å². The van der Waals surface area contributed by atoms with E-state index in [-0.39, 0.29) is 23.8 Å². The molecule has 1 aliphatic carbocycles. The number of aliphatic hydroxyl groups is 2. The van der Waals surface area contributed by atoms with E-state index in [1.807, 2.05) is 54.6 Å². The summed E-state index contributed by atoms with van der Waals surface area (Å²) in [5.41, 5.74) is 1.89. The van der Waals surface area contributed by atoms with Crippen LogP contribution in [0.1, 0.15) is 34.7 Å². The third-order valence-corrected chi connectivity index (χ3v) is 7.73. The van der Waals surface area contributed by atoms with Crippen LogP contribution >= 0.6 is 0 Å². The van der Waals surface area contributed by atoms with Crippen molar-refractivity contribution in [3.63, 3.8) is 0 Å². The molecule has 0 aromatic heterocycles. The van der Waals surface area contributed by atoms with Crippen LogP contribution in [0.3, 0.4) is 0 Å². The lowest BCUT2D eigenvalue weighted by Gasteiger charge is -2.24. The molecule has 4 rings (SSSR count). The Morgan fingerprint density at radius 3 is 2.34 bits per heavy atom. The maximum absolute atomic E-state index is 13.4. The molecule has 202 valence electrons. The van der Waals surface area contributed by atoms with Crippen molar-refractivity contribution in [2.75, 3.05) is 6.54 Å². The van der Waals surface area contributed by atoms with Gasteiger partial charge in [-0.05, 0) is 53.8 Å². The fourth-order valence-electron chi connectivity index (χ4n) is 4.64. The molecule has 0 bridgehead atoms. The Morgan fingerprint density at radius 1 is 1.00 bits per heavy atom. The number of rotatable bonds is 10. The molecule has 0 saturated heterocycles. The number of alkyl halides is 3. The van der Waals surface area contributed by atoms with Crippen LogP contribution in [-0.4, -0.2) is 39.1 Å². The standard InChI is InChI=1S/C28H29F3N2O4S/c29-28(30,31)21-10-12-23(13-11-21)38(37)32-17-22(34)15-20(14-18-6-2-1-3-7-18)27(36)33-26-24-9-5-4-8-19(24)16-25(26)35/h1-13,20,22,25-26,32,34-35H,14-17H2,(H,33,36). The summed E-state index contributed by atoms with van der Waals surface area (Å²) in [6, 6.07) is 20.2. The van der Waals surface area contributed by atoms with Crippen molar-refractivity contribution in [3.05, 3.63) is 101 Å². The highest BCUT2D eigenvalue weighted by atomic mass is 32.2. The second-order valence-corrected chi connectivity index (χ2v) is 10.7. The molecule has 0 aliphatic heterocycles. The van der Waals surface area contributed by atoms with E-state index in [1.54, 1.807) is 0 Å². The summed E-state index contributed by atoms with van der Waals surface area (Å²) in [6.07, 6.45) is -5.49. The van der Waals surface area contributed by atoms with Gasteiger partial charge < -0.3 is 15.5 Å². The van der Waals surface area contributed by atoms with Gasteiger partial charge in [0.15, 0.2) is 0 Å². The van der Waals surface area contributed by atoms with Crippen LogP contribution in [0, 0.1) is 5.92 Å². The van der Waals surface area contributed by atoms with Crippen molar-refractivity contribution in [2.24, 2.45) is 5.92 Å². The van der Waals surface area contributed by atoms with Crippen LogP contribution < -0.4 is 10.0 Å². The van der Waals surface area contributed by atoms with Crippen molar-refractivity contribution >= 4 is 16.9 Å². The Labute approximate surface area is 221 Å². The fraction of sp³-hybridized carbons (Fsp3) is 0.321. The van der Waals surface area contributed by atoms with Gasteiger partial charge in [-0.25, -0.2) is 8.93 Å². The van der Waals surface area contributed by atoms with E-state index in [0.717, 1.165) is 41.0 Å². The van der Waals surface area contributed by atoms with Crippen LogP contribution in [0.4, 0.5) is 13.2 Å². The van der Waals surface area contributed by atoms with Crippen LogP contribution in [0.25, 0.3) is 0 Å². The number of fused-ring (bicyclic) bond motifs is 1. The molecule has 10 heteroatoms. The summed E-state index contributed by atoms with van der Waals surface area (Å²) < 4.78 is 53.4. The smallest absolute Gasteiger partial charge is 0.392 e. The molecule has 0 saturated carbocycles. The number of hydrogen-bond acceptors (Lipinski definition) is 4. The zero-order valence-electron chi connectivity index (χ0n) is 20.4. The number of benzene rings is 3. The van der Waals surface area contributed by atoms with Gasteiger partial charge in [0.05, 0.1) is 28.7 Å². The molecule has 0 radical (unpaired) electrons. The first-order chi connectivity index (χ1) is 18.1. The van der Waals surface area contributed by atoms with E-state index in [4.69, 9.17) is 0 Å². The summed E-state index contributed by atoms with van der Waals surface area (Å²) in [7, 11) is -1.85. The van der Waals surface area contributed by atoms with E-state index in [0.29, 0.717) is 12.8 Å². The third kappa shape index (κ3) is 7.08. The molecule has 0 spiro atoms. The van der Waals surface area contributed by atoms with Crippen LogP contribution in [0.15, 0.2) is 83.8 Å². The molecule has 3 aromatic rings. The Hall–Kier alpha value is -3.05. The molecule has 0 heterocycles. The number of nitrogens with one attached hydrogen (secondary N) is 2. The number of amides is 1. The van der Waals surface area contributed by atoms with Gasteiger partial charge in [-0.15, -0.1) is 0 Å². The molecule has 3 aromatic carbocycles. The van der Waals surface area contributed by atoms with E-state index in [2.05, 4.69) is 10.0 Å². The highest BCUT2D eigenvalue weighted by Gasteiger charge is 2.34. The zero-order chi connectivity index (χ0) is 27.3. The van der Waals surface area contributed by atoms with E-state index >= 15 is 0 Å². The maximum Gasteiger partial charge on any atom is 0.416 e. The third-order valence-electron chi connectivity index (χ3n) is 6.60. The minimum absolute atomic E-state index is 0.0440. The molecule has 6 nitrogen and oxygen atoms in total. The summed E-state index contributed by atoms with van der Waals surface area (Å²) in [4.78, 5) is 13.5. The molecule has 5 unspecified atom stereocenters. The van der Waals surface area contributed by atoms with Gasteiger partial charge >= 0.3 is 6.18 Å². The van der Waals surface area contributed by atoms with E-state index < -0.39 is 46.9 Å². The molecule has 4 N–H and O–H groups in total. The first-order valence-corrected chi connectivity index (χ1v) is 13.4. The number of hydrogen-bond donors (Lipinski definition) is 4. The quantitative estimate of drug-likeness (QED) is 0.312. The highest BCUT2D eigenvalue weighted by Crippen LogP contribution is 2.32. The SMILES string of the molecule is O=C(NC1c2ccccc2CC1O)C(Cc1ccccc1)CC(O)CNS(=O)c1ccc(C(F)(F)F)cc1. The van der Waals surface area contributed by atoms with Crippen LogP contribution in [0.2, 0.25) is 0 Å². The van der Waals surface area contributed by atoms with Crippen molar-refractivity contribution in [2.45, 2.75) is 48.6 Å². The Morgan fingerprint density at radius 2 is 1.66 bits per heavy atom. The normalized spacial score (nSPS) is 19.4. The second-order valence-electron chi connectivity index (χ2n) is 9.37.